The number of likely N-dealkylation sites (tertiary alicyclic amines) is 1. The van der Waals surface area contributed by atoms with Gasteiger partial charge in [-0.15, -0.1) is 0 Å². The maximum atomic E-state index is 13.1. The molecular formula is C22H24N4O3. The van der Waals surface area contributed by atoms with E-state index in [1.54, 1.807) is 19.9 Å². The van der Waals surface area contributed by atoms with Crippen LogP contribution in [0.4, 0.5) is 0 Å². The minimum Gasteiger partial charge on any atom is -0.341 e. The first-order valence-corrected chi connectivity index (χ1v) is 9.96. The zero-order valence-corrected chi connectivity index (χ0v) is 16.6. The first kappa shape index (κ1) is 19.1. The van der Waals surface area contributed by atoms with E-state index in [1.807, 2.05) is 35.2 Å². The van der Waals surface area contributed by atoms with Crippen LogP contribution in [0.5, 0.6) is 0 Å². The number of carbonyl (C=O) groups excluding carboxylic acids is 2. The molecule has 1 aromatic carbocycles. The molecule has 3 aromatic rings. The van der Waals surface area contributed by atoms with Crippen molar-refractivity contribution in [3.05, 3.63) is 47.7 Å². The monoisotopic (exact) mass is 392 g/mol. The molecule has 2 amide bonds. The fraction of sp³-hybridized carbons (Fsp3) is 0.364. The van der Waals surface area contributed by atoms with Gasteiger partial charge in [-0.25, -0.2) is 4.98 Å². The standard InChI is InChI=1S/C22H24N4O3/c1-14-19-17(20(27)23-15(2)22(28)26-11-7-4-8-12-26)13-18(24-21(19)29-25-14)16-9-5-3-6-10-16/h3,5-6,9-10,13,15H,4,7-8,11-12H2,1-2H3,(H,23,27)/t15-/m0/s1. The Morgan fingerprint density at radius 1 is 1.14 bits per heavy atom. The smallest absolute Gasteiger partial charge is 0.259 e. The van der Waals surface area contributed by atoms with Crippen LogP contribution in [0.2, 0.25) is 0 Å². The van der Waals surface area contributed by atoms with Crippen molar-refractivity contribution in [2.75, 3.05) is 13.1 Å². The van der Waals surface area contributed by atoms with E-state index >= 15 is 0 Å². The van der Waals surface area contributed by atoms with Crippen LogP contribution in [-0.4, -0.2) is 46.0 Å². The molecule has 1 aliphatic rings. The summed E-state index contributed by atoms with van der Waals surface area (Å²) in [5.41, 5.74) is 2.80. The Hall–Kier alpha value is -3.22. The second-order valence-electron chi connectivity index (χ2n) is 7.45. The predicted octanol–water partition coefficient (Wildman–Crippen LogP) is 3.33. The Kier molecular flexibility index (Phi) is 5.29. The highest BCUT2D eigenvalue weighted by Gasteiger charge is 2.26. The summed E-state index contributed by atoms with van der Waals surface area (Å²) in [5.74, 6) is -0.382. The van der Waals surface area contributed by atoms with E-state index in [4.69, 9.17) is 4.52 Å². The number of fused-ring (bicyclic) bond motifs is 1. The number of rotatable bonds is 4. The quantitative estimate of drug-likeness (QED) is 0.736. The van der Waals surface area contributed by atoms with Gasteiger partial charge in [0.2, 0.25) is 5.91 Å². The van der Waals surface area contributed by atoms with Crippen molar-refractivity contribution >= 4 is 22.9 Å². The molecule has 1 fully saturated rings. The van der Waals surface area contributed by atoms with Gasteiger partial charge in [-0.1, -0.05) is 35.5 Å². The van der Waals surface area contributed by atoms with Gasteiger partial charge in [0, 0.05) is 18.7 Å². The number of aryl methyl sites for hydroxylation is 1. The summed E-state index contributed by atoms with van der Waals surface area (Å²) >= 11 is 0. The van der Waals surface area contributed by atoms with Crippen LogP contribution in [0.15, 0.2) is 40.9 Å². The number of nitrogens with zero attached hydrogens (tertiary/aromatic N) is 3. The van der Waals surface area contributed by atoms with Gasteiger partial charge < -0.3 is 14.7 Å². The van der Waals surface area contributed by atoms with Gasteiger partial charge >= 0.3 is 0 Å². The van der Waals surface area contributed by atoms with E-state index in [2.05, 4.69) is 15.5 Å². The van der Waals surface area contributed by atoms with Crippen LogP contribution in [0, 0.1) is 6.92 Å². The molecule has 7 heteroatoms. The number of amides is 2. The molecule has 0 unspecified atom stereocenters. The Morgan fingerprint density at radius 2 is 1.86 bits per heavy atom. The first-order chi connectivity index (χ1) is 14.0. The normalized spacial score (nSPS) is 15.3. The molecule has 29 heavy (non-hydrogen) atoms. The second-order valence-corrected chi connectivity index (χ2v) is 7.45. The van der Waals surface area contributed by atoms with Gasteiger partial charge in [-0.2, -0.15) is 0 Å². The van der Waals surface area contributed by atoms with Crippen LogP contribution in [0.1, 0.15) is 42.2 Å². The molecule has 0 bridgehead atoms. The maximum absolute atomic E-state index is 13.1. The van der Waals surface area contributed by atoms with Crippen LogP contribution in [0.3, 0.4) is 0 Å². The summed E-state index contributed by atoms with van der Waals surface area (Å²) in [5, 5.41) is 7.39. The number of piperidine rings is 1. The lowest BCUT2D eigenvalue weighted by atomic mass is 10.0. The third-order valence-electron chi connectivity index (χ3n) is 5.32. The molecule has 1 N–H and O–H groups in total. The molecule has 150 valence electrons. The average molecular weight is 392 g/mol. The highest BCUT2D eigenvalue weighted by atomic mass is 16.5. The number of pyridine rings is 1. The molecule has 4 rings (SSSR count). The molecule has 3 heterocycles. The van der Waals surface area contributed by atoms with Crippen LogP contribution < -0.4 is 5.32 Å². The van der Waals surface area contributed by atoms with Crippen molar-refractivity contribution in [3.8, 4) is 11.3 Å². The lowest BCUT2D eigenvalue weighted by Gasteiger charge is -2.29. The topological polar surface area (TPSA) is 88.3 Å². The molecule has 7 nitrogen and oxygen atoms in total. The van der Waals surface area contributed by atoms with Gasteiger partial charge in [0.1, 0.15) is 6.04 Å². The highest BCUT2D eigenvalue weighted by molar-refractivity contribution is 6.08. The van der Waals surface area contributed by atoms with Gasteiger partial charge in [0.25, 0.3) is 11.6 Å². The third kappa shape index (κ3) is 3.85. The highest BCUT2D eigenvalue weighted by Crippen LogP contribution is 2.27. The molecule has 2 aromatic heterocycles. The van der Waals surface area contributed by atoms with E-state index in [-0.39, 0.29) is 11.8 Å². The largest absolute Gasteiger partial charge is 0.341 e. The number of carbonyl (C=O) groups is 2. The van der Waals surface area contributed by atoms with Crippen LogP contribution >= 0.6 is 0 Å². The van der Waals surface area contributed by atoms with Crippen molar-refractivity contribution in [1.82, 2.24) is 20.4 Å². The van der Waals surface area contributed by atoms with E-state index in [0.717, 1.165) is 37.9 Å². The Bertz CT molecular complexity index is 1040. The number of hydrogen-bond acceptors (Lipinski definition) is 5. The minimum absolute atomic E-state index is 0.0475. The molecule has 0 saturated carbocycles. The van der Waals surface area contributed by atoms with Crippen molar-refractivity contribution < 1.29 is 14.1 Å². The summed E-state index contributed by atoms with van der Waals surface area (Å²) in [6, 6.07) is 10.7. The summed E-state index contributed by atoms with van der Waals surface area (Å²) < 4.78 is 5.33. The van der Waals surface area contributed by atoms with Crippen LogP contribution in [-0.2, 0) is 4.79 Å². The van der Waals surface area contributed by atoms with Crippen molar-refractivity contribution in [3.63, 3.8) is 0 Å². The number of aromatic nitrogens is 2. The first-order valence-electron chi connectivity index (χ1n) is 9.96. The predicted molar refractivity (Wildman–Crippen MR) is 109 cm³/mol. The lowest BCUT2D eigenvalue weighted by Crippen LogP contribution is -2.48. The van der Waals surface area contributed by atoms with Gasteiger partial charge in [0.15, 0.2) is 0 Å². The molecule has 1 atom stereocenters. The third-order valence-corrected chi connectivity index (χ3v) is 5.32. The minimum atomic E-state index is -0.607. The van der Waals surface area contributed by atoms with Gasteiger partial charge in [-0.05, 0) is 39.2 Å². The fourth-order valence-electron chi connectivity index (χ4n) is 3.75. The van der Waals surface area contributed by atoms with Gasteiger partial charge in [-0.3, -0.25) is 9.59 Å². The summed E-state index contributed by atoms with van der Waals surface area (Å²) in [6.07, 6.45) is 3.17. The number of hydrogen-bond donors (Lipinski definition) is 1. The summed E-state index contributed by atoms with van der Waals surface area (Å²) in [4.78, 5) is 32.2. The summed E-state index contributed by atoms with van der Waals surface area (Å²) in [7, 11) is 0. The van der Waals surface area contributed by atoms with Crippen LogP contribution in [0.25, 0.3) is 22.4 Å². The number of nitrogens with one attached hydrogen (secondary N) is 1. The van der Waals surface area contributed by atoms with E-state index in [9.17, 15) is 9.59 Å². The summed E-state index contributed by atoms with van der Waals surface area (Å²) in [6.45, 7) is 5.00. The van der Waals surface area contributed by atoms with E-state index in [1.165, 1.54) is 0 Å². The Morgan fingerprint density at radius 3 is 2.59 bits per heavy atom. The average Bonchev–Trinajstić information content (AvgIpc) is 3.14. The molecule has 1 saturated heterocycles. The fourth-order valence-corrected chi connectivity index (χ4v) is 3.75. The maximum Gasteiger partial charge on any atom is 0.259 e. The SMILES string of the molecule is Cc1noc2nc(-c3ccccc3)cc(C(=O)N[C@@H](C)C(=O)N3CCCCC3)c12. The Labute approximate surface area is 169 Å². The van der Waals surface area contributed by atoms with Crippen molar-refractivity contribution in [2.45, 2.75) is 39.2 Å². The zero-order chi connectivity index (χ0) is 20.4. The van der Waals surface area contributed by atoms with E-state index < -0.39 is 6.04 Å². The second kappa shape index (κ2) is 8.03. The molecule has 0 spiro atoms. The molecule has 1 aliphatic heterocycles. The molecule has 0 aliphatic carbocycles. The van der Waals surface area contributed by atoms with Crippen molar-refractivity contribution in [2.24, 2.45) is 0 Å². The zero-order valence-electron chi connectivity index (χ0n) is 16.6. The van der Waals surface area contributed by atoms with E-state index in [0.29, 0.717) is 28.1 Å². The molecule has 0 radical (unpaired) electrons. The van der Waals surface area contributed by atoms with Crippen molar-refractivity contribution in [1.29, 1.82) is 0 Å². The lowest BCUT2D eigenvalue weighted by molar-refractivity contribution is -0.133. The molecular weight excluding hydrogens is 368 g/mol. The Balaban J connectivity index is 1.64. The number of benzene rings is 1. The van der Waals surface area contributed by atoms with Gasteiger partial charge in [0.05, 0.1) is 22.3 Å².